The minimum absolute atomic E-state index is 0.0655. The van der Waals surface area contributed by atoms with E-state index in [-0.39, 0.29) is 6.61 Å². The first-order chi connectivity index (χ1) is 8.19. The van der Waals surface area contributed by atoms with Gasteiger partial charge in [0.05, 0.1) is 6.61 Å². The third-order valence-electron chi connectivity index (χ3n) is 2.45. The monoisotopic (exact) mass is 308 g/mol. The summed E-state index contributed by atoms with van der Waals surface area (Å²) >= 11 is 5.18. The molecule has 0 radical (unpaired) electrons. The number of halogens is 1. The van der Waals surface area contributed by atoms with Crippen LogP contribution in [0.15, 0.2) is 56.7 Å². The van der Waals surface area contributed by atoms with Gasteiger partial charge in [0.2, 0.25) is 0 Å². The lowest BCUT2D eigenvalue weighted by Crippen LogP contribution is -1.85. The zero-order valence-corrected chi connectivity index (χ0v) is 11.9. The maximum absolute atomic E-state index is 9.09. The van der Waals surface area contributed by atoms with Crippen LogP contribution in [0.2, 0.25) is 0 Å². The van der Waals surface area contributed by atoms with Gasteiger partial charge in [-0.1, -0.05) is 51.5 Å². The minimum atomic E-state index is 0.0655. The minimum Gasteiger partial charge on any atom is -0.392 e. The standard InChI is InChI=1S/C14H13BrOS/c1-10-2-5-12(6-3-10)17-13-7-4-11(9-16)14(15)8-13/h2-8,16H,9H2,1H3. The van der Waals surface area contributed by atoms with Crippen LogP contribution in [0, 0.1) is 6.92 Å². The van der Waals surface area contributed by atoms with Crippen LogP contribution in [-0.4, -0.2) is 5.11 Å². The fourth-order valence-electron chi connectivity index (χ4n) is 1.46. The highest BCUT2D eigenvalue weighted by Crippen LogP contribution is 2.31. The van der Waals surface area contributed by atoms with Crippen molar-refractivity contribution in [3.8, 4) is 0 Å². The predicted octanol–water partition coefficient (Wildman–Crippen LogP) is 4.40. The number of hydrogen-bond donors (Lipinski definition) is 1. The van der Waals surface area contributed by atoms with Crippen molar-refractivity contribution in [2.75, 3.05) is 0 Å². The molecule has 0 aromatic heterocycles. The number of hydrogen-bond acceptors (Lipinski definition) is 2. The van der Waals surface area contributed by atoms with Gasteiger partial charge in [-0.15, -0.1) is 0 Å². The van der Waals surface area contributed by atoms with Gasteiger partial charge in [-0.25, -0.2) is 0 Å². The van der Waals surface area contributed by atoms with E-state index in [4.69, 9.17) is 5.11 Å². The molecule has 0 amide bonds. The molecule has 17 heavy (non-hydrogen) atoms. The molecule has 0 bridgehead atoms. The van der Waals surface area contributed by atoms with E-state index in [1.54, 1.807) is 11.8 Å². The van der Waals surface area contributed by atoms with Crippen molar-refractivity contribution < 1.29 is 5.11 Å². The smallest absolute Gasteiger partial charge is 0.0692 e. The predicted molar refractivity (Wildman–Crippen MR) is 75.4 cm³/mol. The largest absolute Gasteiger partial charge is 0.392 e. The van der Waals surface area contributed by atoms with Gasteiger partial charge in [-0.3, -0.25) is 0 Å². The Balaban J connectivity index is 2.19. The second-order valence-electron chi connectivity index (χ2n) is 3.83. The van der Waals surface area contributed by atoms with Crippen LogP contribution in [0.4, 0.5) is 0 Å². The number of benzene rings is 2. The van der Waals surface area contributed by atoms with Gasteiger partial charge < -0.3 is 5.11 Å². The first kappa shape index (κ1) is 12.7. The molecule has 0 saturated carbocycles. The van der Waals surface area contributed by atoms with Crippen LogP contribution in [0.3, 0.4) is 0 Å². The van der Waals surface area contributed by atoms with Gasteiger partial charge in [0.1, 0.15) is 0 Å². The van der Waals surface area contributed by atoms with Crippen LogP contribution < -0.4 is 0 Å². The molecule has 1 nitrogen and oxygen atoms in total. The molecular weight excluding hydrogens is 296 g/mol. The number of aryl methyl sites for hydroxylation is 1. The Labute approximate surface area is 114 Å². The summed E-state index contributed by atoms with van der Waals surface area (Å²) in [6.07, 6.45) is 0. The van der Waals surface area contributed by atoms with Crippen LogP contribution in [0.5, 0.6) is 0 Å². The molecule has 0 unspecified atom stereocenters. The Hall–Kier alpha value is -0.770. The van der Waals surface area contributed by atoms with E-state index in [0.717, 1.165) is 14.9 Å². The van der Waals surface area contributed by atoms with Crippen molar-refractivity contribution in [1.29, 1.82) is 0 Å². The normalized spacial score (nSPS) is 10.5. The van der Waals surface area contributed by atoms with Crippen molar-refractivity contribution in [2.45, 2.75) is 23.3 Å². The van der Waals surface area contributed by atoms with Gasteiger partial charge in [0, 0.05) is 14.3 Å². The average Bonchev–Trinajstić information content (AvgIpc) is 2.32. The summed E-state index contributed by atoms with van der Waals surface area (Å²) in [4.78, 5) is 2.39. The fourth-order valence-corrected chi connectivity index (χ4v) is 2.98. The highest BCUT2D eigenvalue weighted by atomic mass is 79.9. The van der Waals surface area contributed by atoms with Crippen LogP contribution in [-0.2, 0) is 6.61 Å². The van der Waals surface area contributed by atoms with E-state index < -0.39 is 0 Å². The summed E-state index contributed by atoms with van der Waals surface area (Å²) in [5, 5.41) is 9.09. The molecule has 0 aliphatic carbocycles. The molecular formula is C14H13BrOS. The first-order valence-electron chi connectivity index (χ1n) is 5.33. The topological polar surface area (TPSA) is 20.2 Å². The van der Waals surface area contributed by atoms with E-state index in [9.17, 15) is 0 Å². The lowest BCUT2D eigenvalue weighted by Gasteiger charge is -2.05. The number of aliphatic hydroxyl groups excluding tert-OH is 1. The van der Waals surface area contributed by atoms with Crippen LogP contribution in [0.1, 0.15) is 11.1 Å². The average molecular weight is 309 g/mol. The molecule has 0 spiro atoms. The highest BCUT2D eigenvalue weighted by Gasteiger charge is 2.02. The third-order valence-corrected chi connectivity index (χ3v) is 4.19. The Morgan fingerprint density at radius 2 is 1.71 bits per heavy atom. The lowest BCUT2D eigenvalue weighted by atomic mass is 10.2. The van der Waals surface area contributed by atoms with Crippen LogP contribution >= 0.6 is 27.7 Å². The summed E-state index contributed by atoms with van der Waals surface area (Å²) in [5.41, 5.74) is 2.18. The Bertz CT molecular complexity index is 508. The summed E-state index contributed by atoms with van der Waals surface area (Å²) < 4.78 is 0.956. The van der Waals surface area contributed by atoms with Crippen LogP contribution in [0.25, 0.3) is 0 Å². The third kappa shape index (κ3) is 3.35. The molecule has 1 N–H and O–H groups in total. The van der Waals surface area contributed by atoms with Crippen molar-refractivity contribution in [1.82, 2.24) is 0 Å². The van der Waals surface area contributed by atoms with Gasteiger partial charge >= 0.3 is 0 Å². The van der Waals surface area contributed by atoms with Crippen molar-refractivity contribution in [3.05, 3.63) is 58.1 Å². The molecule has 0 heterocycles. The molecule has 0 atom stereocenters. The van der Waals surface area contributed by atoms with E-state index in [1.807, 2.05) is 18.2 Å². The van der Waals surface area contributed by atoms with E-state index in [0.29, 0.717) is 0 Å². The molecule has 0 saturated heterocycles. The van der Waals surface area contributed by atoms with Gasteiger partial charge in [0.25, 0.3) is 0 Å². The highest BCUT2D eigenvalue weighted by molar-refractivity contribution is 9.10. The molecule has 2 aromatic carbocycles. The van der Waals surface area contributed by atoms with Crippen molar-refractivity contribution in [3.63, 3.8) is 0 Å². The maximum Gasteiger partial charge on any atom is 0.0692 e. The summed E-state index contributed by atoms with van der Waals surface area (Å²) in [6, 6.07) is 14.5. The lowest BCUT2D eigenvalue weighted by molar-refractivity contribution is 0.281. The summed E-state index contributed by atoms with van der Waals surface area (Å²) in [5.74, 6) is 0. The SMILES string of the molecule is Cc1ccc(Sc2ccc(CO)c(Br)c2)cc1. The van der Waals surface area contributed by atoms with E-state index in [2.05, 4.69) is 47.1 Å². The van der Waals surface area contributed by atoms with Gasteiger partial charge in [-0.2, -0.15) is 0 Å². The van der Waals surface area contributed by atoms with E-state index in [1.165, 1.54) is 10.5 Å². The van der Waals surface area contributed by atoms with E-state index >= 15 is 0 Å². The van der Waals surface area contributed by atoms with Crippen molar-refractivity contribution in [2.24, 2.45) is 0 Å². The first-order valence-corrected chi connectivity index (χ1v) is 6.94. The molecule has 0 aliphatic heterocycles. The molecule has 88 valence electrons. The Kier molecular flexibility index (Phi) is 4.26. The van der Waals surface area contributed by atoms with Gasteiger partial charge in [-0.05, 0) is 36.8 Å². The molecule has 3 heteroatoms. The molecule has 2 aromatic rings. The molecule has 2 rings (SSSR count). The Morgan fingerprint density at radius 3 is 2.29 bits per heavy atom. The molecule has 0 aliphatic rings. The van der Waals surface area contributed by atoms with Crippen molar-refractivity contribution >= 4 is 27.7 Å². The molecule has 0 fully saturated rings. The van der Waals surface area contributed by atoms with Gasteiger partial charge in [0.15, 0.2) is 0 Å². The zero-order valence-electron chi connectivity index (χ0n) is 9.48. The maximum atomic E-state index is 9.09. The quantitative estimate of drug-likeness (QED) is 0.907. The number of aliphatic hydroxyl groups is 1. The zero-order chi connectivity index (χ0) is 12.3. The summed E-state index contributed by atoms with van der Waals surface area (Å²) in [6.45, 7) is 2.15. The second-order valence-corrected chi connectivity index (χ2v) is 5.83. The Morgan fingerprint density at radius 1 is 1.06 bits per heavy atom. The summed E-state index contributed by atoms with van der Waals surface area (Å²) in [7, 11) is 0. The second kappa shape index (κ2) is 5.71. The number of rotatable bonds is 3. The fraction of sp³-hybridized carbons (Fsp3) is 0.143.